The maximum atomic E-state index is 8.48. The second-order valence-electron chi connectivity index (χ2n) is 1.40. The molecule has 0 amide bonds. The van der Waals surface area contributed by atoms with Gasteiger partial charge in [-0.3, -0.25) is 0 Å². The van der Waals surface area contributed by atoms with E-state index in [-0.39, 0.29) is 6.54 Å². The Labute approximate surface area is 41.2 Å². The van der Waals surface area contributed by atoms with Crippen LogP contribution in [0, 0.1) is 0 Å². The minimum absolute atomic E-state index is 0.0486. The van der Waals surface area contributed by atoms with E-state index < -0.39 is 6.56 Å². The fraction of sp³-hybridized carbons (Fsp3) is 1.00. The van der Waals surface area contributed by atoms with Crippen molar-refractivity contribution in [3.05, 3.63) is 0 Å². The van der Waals surface area contributed by atoms with Gasteiger partial charge in [-0.2, -0.15) is 0 Å². The first-order valence-corrected chi connectivity index (χ1v) is 1.79. The molecular weight excluding hydrogens is 78.0 g/mol. The molecule has 0 aliphatic carbocycles. The molecule has 0 aliphatic rings. The van der Waals surface area contributed by atoms with E-state index in [2.05, 4.69) is 0 Å². The number of hydrogen-bond acceptors (Lipinski definition) is 2. The van der Waals surface area contributed by atoms with Gasteiger partial charge in [0.15, 0.2) is 0 Å². The molecule has 1 N–H and O–H groups in total. The van der Waals surface area contributed by atoms with Crippen molar-refractivity contribution in [3.63, 3.8) is 0 Å². The zero-order valence-electron chi connectivity index (χ0n) is 6.10. The van der Waals surface area contributed by atoms with Gasteiger partial charge in [0.05, 0.1) is 9.30 Å². The van der Waals surface area contributed by atoms with Crippen LogP contribution in [0.5, 0.6) is 0 Å². The molecule has 0 radical (unpaired) electrons. The number of rotatable bonds is 2. The Morgan fingerprint density at radius 1 is 1.83 bits per heavy atom. The lowest BCUT2D eigenvalue weighted by Crippen LogP contribution is -2.15. The Balaban J connectivity index is 3.39. The summed E-state index contributed by atoms with van der Waals surface area (Å²) in [5.74, 6) is 0. The minimum Gasteiger partial charge on any atom is -0.395 e. The van der Waals surface area contributed by atoms with Gasteiger partial charge in [-0.05, 0) is 14.1 Å². The first-order valence-electron chi connectivity index (χ1n) is 2.79. The Morgan fingerprint density at radius 3 is 2.33 bits per heavy atom. The van der Waals surface area contributed by atoms with Gasteiger partial charge >= 0.3 is 0 Å². The van der Waals surface area contributed by atoms with Gasteiger partial charge in [0.2, 0.25) is 0 Å². The van der Waals surface area contributed by atoms with Crippen LogP contribution in [0.1, 0.15) is 2.74 Å². The van der Waals surface area contributed by atoms with Crippen molar-refractivity contribution in [3.8, 4) is 0 Å². The molecule has 0 fully saturated rings. The molecule has 0 aromatic heterocycles. The molecule has 0 unspecified atom stereocenters. The van der Waals surface area contributed by atoms with Crippen LogP contribution in [0.3, 0.4) is 0 Å². The van der Waals surface area contributed by atoms with E-state index in [1.165, 1.54) is 0 Å². The van der Waals surface area contributed by atoms with E-state index in [1.807, 2.05) is 0 Å². The molecule has 2 nitrogen and oxygen atoms in total. The Morgan fingerprint density at radius 2 is 2.33 bits per heavy atom. The van der Waals surface area contributed by atoms with Gasteiger partial charge < -0.3 is 10.0 Å². The summed E-state index contributed by atoms with van der Waals surface area (Å²) < 4.78 is 13.3. The zero-order chi connectivity index (χ0) is 6.78. The van der Waals surface area contributed by atoms with E-state index in [0.29, 0.717) is 0 Å². The van der Waals surface area contributed by atoms with Crippen LogP contribution >= 0.6 is 0 Å². The van der Waals surface area contributed by atoms with Crippen LogP contribution in [-0.4, -0.2) is 37.2 Å². The largest absolute Gasteiger partial charge is 0.395 e. The smallest absolute Gasteiger partial charge is 0.0577 e. The summed E-state index contributed by atoms with van der Waals surface area (Å²) in [6, 6.07) is 0. The van der Waals surface area contributed by atoms with E-state index in [1.54, 1.807) is 19.0 Å². The SMILES string of the molecule is [2H]C([2H])(O)CN(C)C. The third kappa shape index (κ3) is 3.92. The topological polar surface area (TPSA) is 23.5 Å². The van der Waals surface area contributed by atoms with Crippen molar-refractivity contribution in [1.82, 2.24) is 4.90 Å². The lowest BCUT2D eigenvalue weighted by molar-refractivity contribution is 0.243. The van der Waals surface area contributed by atoms with Crippen LogP contribution in [-0.2, 0) is 0 Å². The van der Waals surface area contributed by atoms with Crippen molar-refractivity contribution in [2.75, 3.05) is 27.2 Å². The van der Waals surface area contributed by atoms with Gasteiger partial charge in [-0.1, -0.05) is 0 Å². The Kier molecular flexibility index (Phi) is 1.56. The molecular formula is C4H11NO. The Hall–Kier alpha value is -0.0800. The zero-order valence-corrected chi connectivity index (χ0v) is 4.10. The molecule has 0 saturated heterocycles. The average molecular weight is 91.2 g/mol. The lowest BCUT2D eigenvalue weighted by atomic mass is 10.6. The van der Waals surface area contributed by atoms with Crippen LogP contribution < -0.4 is 0 Å². The molecule has 0 heterocycles. The number of likely N-dealkylation sites (N-methyl/N-ethyl adjacent to an activating group) is 1. The highest BCUT2D eigenvalue weighted by Gasteiger charge is 1.80. The van der Waals surface area contributed by atoms with Crippen LogP contribution in [0.25, 0.3) is 0 Å². The third-order valence-electron chi connectivity index (χ3n) is 0.387. The summed E-state index contributed by atoms with van der Waals surface area (Å²) >= 11 is 0. The molecule has 0 aromatic rings. The summed E-state index contributed by atoms with van der Waals surface area (Å²) in [6.07, 6.45) is 0. The first kappa shape index (κ1) is 2.99. The molecule has 0 saturated carbocycles. The molecule has 2 heteroatoms. The highest BCUT2D eigenvalue weighted by molar-refractivity contribution is 4.34. The fourth-order valence-corrected chi connectivity index (χ4v) is 0.141. The van der Waals surface area contributed by atoms with Gasteiger partial charge in [0, 0.05) is 6.54 Å². The van der Waals surface area contributed by atoms with Crippen molar-refractivity contribution >= 4 is 0 Å². The van der Waals surface area contributed by atoms with E-state index in [9.17, 15) is 0 Å². The molecule has 0 spiro atoms. The third-order valence-corrected chi connectivity index (χ3v) is 0.387. The number of hydrogen-bond donors (Lipinski definition) is 1. The highest BCUT2D eigenvalue weighted by Crippen LogP contribution is 1.66. The van der Waals surface area contributed by atoms with Crippen LogP contribution in [0.15, 0.2) is 0 Å². The summed E-state index contributed by atoms with van der Waals surface area (Å²) in [4.78, 5) is 1.58. The molecule has 6 heavy (non-hydrogen) atoms. The maximum Gasteiger partial charge on any atom is 0.0577 e. The monoisotopic (exact) mass is 91.1 g/mol. The normalized spacial score (nSPS) is 17.3. The van der Waals surface area contributed by atoms with Gasteiger partial charge in [0.1, 0.15) is 0 Å². The van der Waals surface area contributed by atoms with Gasteiger partial charge in [-0.15, -0.1) is 0 Å². The summed E-state index contributed by atoms with van der Waals surface area (Å²) in [5, 5.41) is 8.48. The van der Waals surface area contributed by atoms with Crippen LogP contribution in [0.2, 0.25) is 0 Å². The standard InChI is InChI=1S/C4H11NO/c1-5(2)3-4-6/h6H,3-4H2,1-2H3/i4D2. The van der Waals surface area contributed by atoms with Crippen molar-refractivity contribution in [2.24, 2.45) is 0 Å². The van der Waals surface area contributed by atoms with Gasteiger partial charge in [-0.25, -0.2) is 0 Å². The second kappa shape index (κ2) is 3.12. The number of nitrogens with zero attached hydrogens (tertiary/aromatic N) is 1. The molecule has 0 aliphatic heterocycles. The average Bonchev–Trinajstić information content (AvgIpc) is 1.21. The molecule has 38 valence electrons. The van der Waals surface area contributed by atoms with Crippen molar-refractivity contribution in [1.29, 1.82) is 0 Å². The quantitative estimate of drug-likeness (QED) is 0.497. The fourth-order valence-electron chi connectivity index (χ4n) is 0.141. The Bertz CT molecular complexity index is 68.9. The summed E-state index contributed by atoms with van der Waals surface area (Å²) in [5.41, 5.74) is 0. The molecule has 0 bridgehead atoms. The van der Waals surface area contributed by atoms with Crippen LogP contribution in [0.4, 0.5) is 0 Å². The highest BCUT2D eigenvalue weighted by atomic mass is 16.3. The summed E-state index contributed by atoms with van der Waals surface area (Å²) in [7, 11) is 3.40. The van der Waals surface area contributed by atoms with E-state index >= 15 is 0 Å². The molecule has 0 aromatic carbocycles. The minimum atomic E-state index is -2.05. The molecule has 0 rings (SSSR count). The first-order chi connectivity index (χ1) is 3.42. The van der Waals surface area contributed by atoms with Crippen molar-refractivity contribution in [2.45, 2.75) is 0 Å². The predicted octanol–water partition coefficient (Wildman–Crippen LogP) is -0.460. The van der Waals surface area contributed by atoms with E-state index in [0.717, 1.165) is 0 Å². The predicted molar refractivity (Wildman–Crippen MR) is 25.6 cm³/mol. The maximum absolute atomic E-state index is 8.48. The second-order valence-corrected chi connectivity index (χ2v) is 1.40. The molecule has 0 atom stereocenters. The van der Waals surface area contributed by atoms with Crippen molar-refractivity contribution < 1.29 is 7.85 Å². The summed E-state index contributed by atoms with van der Waals surface area (Å²) in [6.45, 7) is -2.00. The van der Waals surface area contributed by atoms with Gasteiger partial charge in [0.25, 0.3) is 0 Å². The lowest BCUT2D eigenvalue weighted by Gasteiger charge is -2.03. The van der Waals surface area contributed by atoms with E-state index in [4.69, 9.17) is 7.85 Å². The number of aliphatic hydroxyl groups is 1.